The lowest BCUT2D eigenvalue weighted by Crippen LogP contribution is -2.51. The third-order valence-corrected chi connectivity index (χ3v) is 7.97. The van der Waals surface area contributed by atoms with Crippen LogP contribution >= 0.6 is 0 Å². The molecule has 3 saturated carbocycles. The zero-order chi connectivity index (χ0) is 17.8. The van der Waals surface area contributed by atoms with E-state index in [1.165, 1.54) is 0 Å². The number of aliphatic hydroxyl groups is 2. The van der Waals surface area contributed by atoms with E-state index in [4.69, 9.17) is 9.47 Å². The number of carbonyl (C=O) groups excluding carboxylic acids is 2. The highest BCUT2D eigenvalue weighted by Gasteiger charge is 2.83. The smallest absolute Gasteiger partial charge is 0.316 e. The average molecular weight is 346 g/mol. The molecule has 0 aromatic carbocycles. The van der Waals surface area contributed by atoms with Crippen molar-refractivity contribution in [1.82, 2.24) is 0 Å². The van der Waals surface area contributed by atoms with Gasteiger partial charge in [-0.05, 0) is 44.3 Å². The summed E-state index contributed by atoms with van der Waals surface area (Å²) in [6, 6.07) is 0. The van der Waals surface area contributed by atoms with Gasteiger partial charge in [0.25, 0.3) is 6.47 Å². The summed E-state index contributed by atoms with van der Waals surface area (Å²) in [7, 11) is 0. The van der Waals surface area contributed by atoms with Crippen LogP contribution < -0.4 is 0 Å². The van der Waals surface area contributed by atoms with E-state index >= 15 is 0 Å². The first-order valence-electron chi connectivity index (χ1n) is 8.85. The van der Waals surface area contributed by atoms with Crippen LogP contribution in [0, 0.1) is 22.7 Å². The summed E-state index contributed by atoms with van der Waals surface area (Å²) < 4.78 is 11.5. The van der Waals surface area contributed by atoms with Crippen LogP contribution in [0.1, 0.15) is 32.6 Å². The highest BCUT2D eigenvalue weighted by molar-refractivity contribution is 5.83. The normalized spacial score (nSPS) is 57.9. The first-order chi connectivity index (χ1) is 11.7. The lowest BCUT2D eigenvalue weighted by molar-refractivity contribution is -0.166. The molecule has 4 fully saturated rings. The van der Waals surface area contributed by atoms with Crippen molar-refractivity contribution in [1.29, 1.82) is 0 Å². The SMILES string of the molecule is C=C1C[C@]23C[C@@]1(O)CCC2[C@@]12C=C[C@H](O)C(C)(C(=O)O1)[C@H]2[C@@H]3OC=O. The molecule has 4 bridgehead atoms. The Morgan fingerprint density at radius 2 is 2.24 bits per heavy atom. The zero-order valence-corrected chi connectivity index (χ0v) is 14.1. The van der Waals surface area contributed by atoms with E-state index in [2.05, 4.69) is 6.58 Å². The Balaban J connectivity index is 1.75. The van der Waals surface area contributed by atoms with Crippen LogP contribution in [0.25, 0.3) is 0 Å². The van der Waals surface area contributed by atoms with Gasteiger partial charge in [-0.3, -0.25) is 9.59 Å². The van der Waals surface area contributed by atoms with E-state index in [0.29, 0.717) is 32.2 Å². The van der Waals surface area contributed by atoms with E-state index in [9.17, 15) is 19.8 Å². The lowest BCUT2D eigenvalue weighted by Gasteiger charge is -2.44. The standard InChI is InChI=1S/C19H22O6/c1-10-7-17-8-18(10,23)5-3-11(17)19-6-4-12(21)16(2,15(22)25-19)13(19)14(17)24-9-20/h4,6,9,11-14,21,23H,1,3,5,7-8H2,2H3/t11?,12-,13+,14-,16?,17-,18-,19+/m0/s1. The molecule has 2 N–H and O–H groups in total. The molecule has 8 atom stereocenters. The van der Waals surface area contributed by atoms with Crippen LogP contribution in [-0.4, -0.2) is 46.1 Å². The topological polar surface area (TPSA) is 93.1 Å². The largest absolute Gasteiger partial charge is 0.463 e. The van der Waals surface area contributed by atoms with Gasteiger partial charge in [0.1, 0.15) is 17.1 Å². The minimum absolute atomic E-state index is 0.0657. The van der Waals surface area contributed by atoms with Gasteiger partial charge in [-0.15, -0.1) is 0 Å². The number of fused-ring (bicyclic) bond motifs is 1. The molecular formula is C19H22O6. The van der Waals surface area contributed by atoms with E-state index in [0.717, 1.165) is 5.57 Å². The average Bonchev–Trinajstić information content (AvgIpc) is 2.97. The number of aliphatic hydroxyl groups excluding tert-OH is 1. The van der Waals surface area contributed by atoms with Gasteiger partial charge in [0.05, 0.1) is 17.6 Å². The van der Waals surface area contributed by atoms with Crippen molar-refractivity contribution in [2.75, 3.05) is 0 Å². The molecule has 5 aliphatic rings. The van der Waals surface area contributed by atoms with Gasteiger partial charge in [0.2, 0.25) is 0 Å². The fourth-order valence-corrected chi connectivity index (χ4v) is 6.92. The quantitative estimate of drug-likeness (QED) is 0.438. The zero-order valence-electron chi connectivity index (χ0n) is 14.1. The number of rotatable bonds is 2. The highest BCUT2D eigenvalue weighted by Crippen LogP contribution is 2.75. The Kier molecular flexibility index (Phi) is 2.60. The van der Waals surface area contributed by atoms with Crippen molar-refractivity contribution >= 4 is 12.4 Å². The van der Waals surface area contributed by atoms with Crippen molar-refractivity contribution in [3.05, 3.63) is 24.3 Å². The number of esters is 1. The first-order valence-corrected chi connectivity index (χ1v) is 8.85. The molecule has 5 rings (SSSR count). The van der Waals surface area contributed by atoms with Gasteiger partial charge in [-0.25, -0.2) is 0 Å². The maximum absolute atomic E-state index is 12.7. The minimum atomic E-state index is -1.16. The molecule has 1 saturated heterocycles. The number of carbonyl (C=O) groups is 2. The molecule has 1 aliphatic heterocycles. The van der Waals surface area contributed by atoms with Gasteiger partial charge >= 0.3 is 5.97 Å². The summed E-state index contributed by atoms with van der Waals surface area (Å²) >= 11 is 0. The van der Waals surface area contributed by atoms with Gasteiger partial charge in [0.15, 0.2) is 0 Å². The highest BCUT2D eigenvalue weighted by atomic mass is 16.6. The van der Waals surface area contributed by atoms with Crippen molar-refractivity contribution in [2.45, 2.75) is 56.0 Å². The second-order valence-electron chi connectivity index (χ2n) is 8.77. The molecule has 134 valence electrons. The summed E-state index contributed by atoms with van der Waals surface area (Å²) in [5.41, 5.74) is -2.73. The fourth-order valence-electron chi connectivity index (χ4n) is 6.92. The summed E-state index contributed by atoms with van der Waals surface area (Å²) in [5, 5.41) is 21.5. The van der Waals surface area contributed by atoms with Gasteiger partial charge in [-0.1, -0.05) is 12.7 Å². The first kappa shape index (κ1) is 15.6. The summed E-state index contributed by atoms with van der Waals surface area (Å²) in [6.07, 6.45) is 4.08. The molecule has 2 unspecified atom stereocenters. The molecule has 6 heteroatoms. The van der Waals surface area contributed by atoms with Gasteiger partial charge in [0, 0.05) is 11.3 Å². The van der Waals surface area contributed by atoms with Crippen LogP contribution in [0.3, 0.4) is 0 Å². The summed E-state index contributed by atoms with van der Waals surface area (Å²) in [5.74, 6) is -0.970. The maximum Gasteiger partial charge on any atom is 0.316 e. The molecule has 0 aromatic heterocycles. The Labute approximate surface area is 145 Å². The lowest BCUT2D eigenvalue weighted by atomic mass is 9.63. The molecule has 25 heavy (non-hydrogen) atoms. The van der Waals surface area contributed by atoms with Crippen molar-refractivity contribution in [3.8, 4) is 0 Å². The van der Waals surface area contributed by atoms with Crippen LogP contribution in [0.2, 0.25) is 0 Å². The summed E-state index contributed by atoms with van der Waals surface area (Å²) in [4.78, 5) is 24.0. The second-order valence-corrected chi connectivity index (χ2v) is 8.77. The van der Waals surface area contributed by atoms with E-state index in [1.54, 1.807) is 19.1 Å². The molecule has 6 nitrogen and oxygen atoms in total. The Hall–Kier alpha value is -1.66. The molecular weight excluding hydrogens is 324 g/mol. The van der Waals surface area contributed by atoms with Gasteiger partial charge in [-0.2, -0.15) is 0 Å². The second kappa shape index (κ2) is 4.18. The number of ether oxygens (including phenoxy) is 2. The Morgan fingerprint density at radius 1 is 1.48 bits per heavy atom. The monoisotopic (exact) mass is 346 g/mol. The number of hydrogen-bond acceptors (Lipinski definition) is 6. The predicted octanol–water partition coefficient (Wildman–Crippen LogP) is 0.868. The van der Waals surface area contributed by atoms with Crippen molar-refractivity contribution in [3.63, 3.8) is 0 Å². The van der Waals surface area contributed by atoms with Crippen LogP contribution in [0.5, 0.6) is 0 Å². The van der Waals surface area contributed by atoms with Crippen molar-refractivity contribution in [2.24, 2.45) is 22.7 Å². The van der Waals surface area contributed by atoms with Crippen LogP contribution in [0.15, 0.2) is 24.3 Å². The molecule has 4 aliphatic carbocycles. The van der Waals surface area contributed by atoms with Crippen LogP contribution in [0.4, 0.5) is 0 Å². The summed E-state index contributed by atoms with van der Waals surface area (Å²) in [6.45, 7) is 6.19. The molecule has 1 spiro atoms. The third-order valence-electron chi connectivity index (χ3n) is 7.97. The van der Waals surface area contributed by atoms with Gasteiger partial charge < -0.3 is 19.7 Å². The Bertz CT molecular complexity index is 744. The molecule has 1 heterocycles. The minimum Gasteiger partial charge on any atom is -0.463 e. The van der Waals surface area contributed by atoms with E-state index in [-0.39, 0.29) is 5.92 Å². The molecule has 0 amide bonds. The van der Waals surface area contributed by atoms with E-state index < -0.39 is 46.1 Å². The Morgan fingerprint density at radius 3 is 2.96 bits per heavy atom. The third kappa shape index (κ3) is 1.40. The molecule has 0 aromatic rings. The maximum atomic E-state index is 12.7. The molecule has 0 radical (unpaired) electrons. The van der Waals surface area contributed by atoms with Crippen LogP contribution in [-0.2, 0) is 19.1 Å². The van der Waals surface area contributed by atoms with Crippen molar-refractivity contribution < 1.29 is 29.3 Å². The fraction of sp³-hybridized carbons (Fsp3) is 0.684. The predicted molar refractivity (Wildman–Crippen MR) is 85.0 cm³/mol. The van der Waals surface area contributed by atoms with E-state index in [1.807, 2.05) is 0 Å². The number of hydrogen-bond donors (Lipinski definition) is 2.